The first-order valence-corrected chi connectivity index (χ1v) is 9.31. The maximum atomic E-state index is 13.2. The molecule has 1 aromatic carbocycles. The summed E-state index contributed by atoms with van der Waals surface area (Å²) in [6.07, 6.45) is 0.445. The van der Waals surface area contributed by atoms with Gasteiger partial charge in [0.15, 0.2) is 11.4 Å². The van der Waals surface area contributed by atoms with Crippen LogP contribution in [0.15, 0.2) is 34.8 Å². The van der Waals surface area contributed by atoms with Crippen molar-refractivity contribution < 1.29 is 34.8 Å². The largest absolute Gasteiger partial charge is 0.511 e. The number of carbonyl (C=O) groups excluding carboxylic acids is 3. The number of aliphatic hydroxyl groups excluding tert-OH is 2. The summed E-state index contributed by atoms with van der Waals surface area (Å²) in [6, 6.07) is 3.07. The summed E-state index contributed by atoms with van der Waals surface area (Å²) in [6.45, 7) is 3.33. The molecule has 0 radical (unpaired) electrons. The topological polar surface area (TPSA) is 158 Å². The molecule has 4 rings (SSSR count). The van der Waals surface area contributed by atoms with E-state index in [0.29, 0.717) is 12.0 Å². The molecule has 0 aromatic heterocycles. The second kappa shape index (κ2) is 5.93. The highest BCUT2D eigenvalue weighted by molar-refractivity contribution is 6.24. The Balaban J connectivity index is 1.96. The second-order valence-corrected chi connectivity index (χ2v) is 8.10. The van der Waals surface area contributed by atoms with E-state index in [1.54, 1.807) is 13.0 Å². The van der Waals surface area contributed by atoms with E-state index in [0.717, 1.165) is 5.56 Å². The summed E-state index contributed by atoms with van der Waals surface area (Å²) in [5.74, 6) is -7.02. The van der Waals surface area contributed by atoms with E-state index in [2.05, 4.69) is 0 Å². The first-order chi connectivity index (χ1) is 13.5. The number of amides is 1. The Morgan fingerprint density at radius 2 is 1.86 bits per heavy atom. The lowest BCUT2D eigenvalue weighted by atomic mass is 9.57. The second-order valence-electron chi connectivity index (χ2n) is 8.10. The normalized spacial score (nSPS) is 31.3. The van der Waals surface area contributed by atoms with Crippen LogP contribution in [-0.4, -0.2) is 43.5 Å². The number of aliphatic hydroxyl groups is 3. The number of hydrogen-bond acceptors (Lipinski definition) is 7. The number of primary amides is 1. The molecule has 4 atom stereocenters. The van der Waals surface area contributed by atoms with Crippen molar-refractivity contribution in [2.24, 2.45) is 23.5 Å². The molecule has 1 aromatic rings. The Morgan fingerprint density at radius 1 is 1.21 bits per heavy atom. The molecule has 0 aliphatic heterocycles. The monoisotopic (exact) mass is 399 g/mol. The van der Waals surface area contributed by atoms with Gasteiger partial charge in [-0.2, -0.15) is 0 Å². The van der Waals surface area contributed by atoms with Gasteiger partial charge in [0.05, 0.1) is 5.56 Å². The molecule has 4 unspecified atom stereocenters. The van der Waals surface area contributed by atoms with Gasteiger partial charge in [-0.3, -0.25) is 14.4 Å². The number of fused-ring (bicyclic) bond motifs is 3. The van der Waals surface area contributed by atoms with Gasteiger partial charge >= 0.3 is 0 Å². The molecule has 0 bridgehead atoms. The summed E-state index contributed by atoms with van der Waals surface area (Å²) in [7, 11) is 0. The smallest absolute Gasteiger partial charge is 0.255 e. The number of Topliss-reactive ketones (excluding diaryl/α,β-unsaturated/α-hetero) is 2. The molecule has 8 heteroatoms. The van der Waals surface area contributed by atoms with Crippen LogP contribution in [0.2, 0.25) is 0 Å². The van der Waals surface area contributed by atoms with E-state index >= 15 is 0 Å². The average molecular weight is 399 g/mol. The summed E-state index contributed by atoms with van der Waals surface area (Å²) in [5, 5.41) is 42.7. The molecule has 3 aliphatic carbocycles. The van der Waals surface area contributed by atoms with E-state index in [9.17, 15) is 34.8 Å². The maximum absolute atomic E-state index is 13.2. The van der Waals surface area contributed by atoms with E-state index < -0.39 is 57.9 Å². The molecule has 8 nitrogen and oxygen atoms in total. The van der Waals surface area contributed by atoms with Gasteiger partial charge in [-0.05, 0) is 42.9 Å². The van der Waals surface area contributed by atoms with Crippen LogP contribution in [-0.2, 0) is 16.0 Å². The van der Waals surface area contributed by atoms with Crippen molar-refractivity contribution in [2.75, 3.05) is 0 Å². The summed E-state index contributed by atoms with van der Waals surface area (Å²) >= 11 is 0. The van der Waals surface area contributed by atoms with E-state index in [-0.39, 0.29) is 23.3 Å². The highest BCUT2D eigenvalue weighted by atomic mass is 16.3. The lowest BCUT2D eigenvalue weighted by Crippen LogP contribution is -2.59. The number of carbonyl (C=O) groups is 3. The number of allylic oxidation sites excluding steroid dienone is 2. The highest BCUT2D eigenvalue weighted by Crippen LogP contribution is 2.53. The maximum Gasteiger partial charge on any atom is 0.255 e. The molecule has 6 N–H and O–H groups in total. The lowest BCUT2D eigenvalue weighted by molar-refractivity contribution is -0.147. The van der Waals surface area contributed by atoms with Crippen LogP contribution in [0.5, 0.6) is 5.75 Å². The number of nitrogens with two attached hydrogens (primary N) is 1. The Kier molecular flexibility index (Phi) is 3.93. The standard InChI is InChI=1S/C21H21NO7/c1-7-3-4-12(23)14-10(7)5-9-6-11-8(2)16(24)15(20(22)28)19(27)21(11,29)18(26)13(9)17(14)25/h3-4,8-9,11,23-24,26,29H,5-6H2,1-2H3,(H2,22,28). The van der Waals surface area contributed by atoms with Crippen molar-refractivity contribution >= 4 is 17.5 Å². The van der Waals surface area contributed by atoms with Gasteiger partial charge in [0.1, 0.15) is 22.8 Å². The number of phenolic OH excluding ortho intramolecular Hbond substituents is 1. The fourth-order valence-electron chi connectivity index (χ4n) is 5.09. The van der Waals surface area contributed by atoms with Gasteiger partial charge in [0.2, 0.25) is 5.78 Å². The predicted molar refractivity (Wildman–Crippen MR) is 100 cm³/mol. The van der Waals surface area contributed by atoms with Crippen LogP contribution in [0.25, 0.3) is 0 Å². The fraction of sp³-hybridized carbons (Fsp3) is 0.381. The Morgan fingerprint density at radius 3 is 2.48 bits per heavy atom. The summed E-state index contributed by atoms with van der Waals surface area (Å²) in [5.41, 5.74) is 3.22. The third-order valence-electron chi connectivity index (χ3n) is 6.66. The molecule has 29 heavy (non-hydrogen) atoms. The van der Waals surface area contributed by atoms with E-state index in [1.807, 2.05) is 0 Å². The summed E-state index contributed by atoms with van der Waals surface area (Å²) < 4.78 is 0. The third kappa shape index (κ3) is 2.26. The lowest BCUT2D eigenvalue weighted by Gasteiger charge is -2.48. The summed E-state index contributed by atoms with van der Waals surface area (Å²) in [4.78, 5) is 37.8. The number of benzene rings is 1. The zero-order chi connectivity index (χ0) is 21.4. The minimum Gasteiger partial charge on any atom is -0.511 e. The molecule has 152 valence electrons. The Hall–Kier alpha value is -3.13. The number of ketones is 2. The van der Waals surface area contributed by atoms with Crippen molar-refractivity contribution in [3.63, 3.8) is 0 Å². The molecule has 1 amide bonds. The minimum atomic E-state index is -2.55. The molecule has 0 fully saturated rings. The van der Waals surface area contributed by atoms with Crippen LogP contribution in [0.3, 0.4) is 0 Å². The molecule has 3 aliphatic rings. The number of hydrogen-bond donors (Lipinski definition) is 5. The zero-order valence-electron chi connectivity index (χ0n) is 15.9. The zero-order valence-corrected chi connectivity index (χ0v) is 15.9. The number of rotatable bonds is 1. The molecular formula is C21H21NO7. The van der Waals surface area contributed by atoms with Crippen molar-refractivity contribution in [1.82, 2.24) is 0 Å². The van der Waals surface area contributed by atoms with E-state index in [1.165, 1.54) is 13.0 Å². The SMILES string of the molecule is Cc1ccc(O)c2c1CC1CC3C(C)C(O)=C(C(N)=O)C(=O)C3(O)C(O)=C1C2=O. The molecule has 0 saturated heterocycles. The van der Waals surface area contributed by atoms with Gasteiger partial charge in [-0.1, -0.05) is 13.0 Å². The van der Waals surface area contributed by atoms with Crippen molar-refractivity contribution in [3.8, 4) is 5.75 Å². The van der Waals surface area contributed by atoms with Gasteiger partial charge in [-0.25, -0.2) is 0 Å². The molecular weight excluding hydrogens is 378 g/mol. The van der Waals surface area contributed by atoms with Crippen LogP contribution in [0, 0.1) is 24.7 Å². The van der Waals surface area contributed by atoms with Crippen molar-refractivity contribution in [3.05, 3.63) is 51.5 Å². The quantitative estimate of drug-likeness (QED) is 0.443. The van der Waals surface area contributed by atoms with E-state index in [4.69, 9.17) is 5.73 Å². The molecule has 0 spiro atoms. The molecule has 0 saturated carbocycles. The van der Waals surface area contributed by atoms with Crippen LogP contribution >= 0.6 is 0 Å². The average Bonchev–Trinajstić information content (AvgIpc) is 2.65. The number of aromatic hydroxyl groups is 1. The van der Waals surface area contributed by atoms with Crippen molar-refractivity contribution in [2.45, 2.75) is 32.3 Å². The first kappa shape index (κ1) is 19.2. The van der Waals surface area contributed by atoms with Gasteiger partial charge in [0, 0.05) is 17.4 Å². The van der Waals surface area contributed by atoms with Gasteiger partial charge < -0.3 is 26.2 Å². The van der Waals surface area contributed by atoms with Gasteiger partial charge in [0.25, 0.3) is 5.91 Å². The Labute approximate surface area is 166 Å². The van der Waals surface area contributed by atoms with Crippen LogP contribution in [0.1, 0.15) is 34.8 Å². The highest BCUT2D eigenvalue weighted by Gasteiger charge is 2.61. The fourth-order valence-corrected chi connectivity index (χ4v) is 5.09. The van der Waals surface area contributed by atoms with Crippen LogP contribution in [0.4, 0.5) is 0 Å². The Bertz CT molecular complexity index is 1070. The van der Waals surface area contributed by atoms with Gasteiger partial charge in [-0.15, -0.1) is 0 Å². The number of aryl methyl sites for hydroxylation is 1. The predicted octanol–water partition coefficient (Wildman–Crippen LogP) is 1.13. The minimum absolute atomic E-state index is 0.0367. The number of phenols is 1. The third-order valence-corrected chi connectivity index (χ3v) is 6.66. The van der Waals surface area contributed by atoms with Crippen LogP contribution < -0.4 is 5.73 Å². The first-order valence-electron chi connectivity index (χ1n) is 9.31. The molecule has 0 heterocycles. The van der Waals surface area contributed by atoms with Crippen molar-refractivity contribution in [1.29, 1.82) is 0 Å².